The maximum atomic E-state index is 11.7. The van der Waals surface area contributed by atoms with Gasteiger partial charge in [0, 0.05) is 36.0 Å². The molecule has 3 rings (SSSR count). The van der Waals surface area contributed by atoms with Crippen molar-refractivity contribution in [2.75, 3.05) is 0 Å². The molecule has 0 aliphatic carbocycles. The molecular formula is C14H16N4O3S. The monoisotopic (exact) mass is 320 g/mol. The smallest absolute Gasteiger partial charge is 0.307 e. The second-order valence-electron chi connectivity index (χ2n) is 5.13. The molecule has 0 saturated heterocycles. The van der Waals surface area contributed by atoms with Gasteiger partial charge in [-0.15, -0.1) is 0 Å². The molecule has 0 unspecified atom stereocenters. The quantitative estimate of drug-likeness (QED) is 0.715. The lowest BCUT2D eigenvalue weighted by Crippen LogP contribution is -2.16. The summed E-state index contributed by atoms with van der Waals surface area (Å²) in [6.07, 6.45) is 1.06. The van der Waals surface area contributed by atoms with Gasteiger partial charge in [0.1, 0.15) is 5.76 Å². The lowest BCUT2D eigenvalue weighted by atomic mass is 10.1. The molecular weight excluding hydrogens is 304 g/mol. The molecule has 0 spiro atoms. The minimum atomic E-state index is 0.0351. The lowest BCUT2D eigenvalue weighted by molar-refractivity contribution is 0.366. The van der Waals surface area contributed by atoms with E-state index < -0.39 is 0 Å². The Morgan fingerprint density at radius 2 is 2.05 bits per heavy atom. The Kier molecular flexibility index (Phi) is 3.93. The van der Waals surface area contributed by atoms with E-state index in [0.29, 0.717) is 31.1 Å². The number of aryl methyl sites for hydroxylation is 4. The molecule has 0 aliphatic heterocycles. The molecule has 116 valence electrons. The zero-order valence-corrected chi connectivity index (χ0v) is 13.4. The first-order valence-corrected chi connectivity index (χ1v) is 7.80. The highest BCUT2D eigenvalue weighted by Crippen LogP contribution is 2.16. The van der Waals surface area contributed by atoms with Crippen molar-refractivity contribution in [2.24, 2.45) is 0 Å². The first-order valence-electron chi connectivity index (χ1n) is 6.92. The zero-order chi connectivity index (χ0) is 15.7. The van der Waals surface area contributed by atoms with Crippen molar-refractivity contribution < 1.29 is 9.05 Å². The molecule has 0 aromatic carbocycles. The molecule has 8 heteroatoms. The van der Waals surface area contributed by atoms with Crippen molar-refractivity contribution >= 4 is 11.3 Å². The Balaban J connectivity index is 1.68. The third kappa shape index (κ3) is 2.87. The molecule has 0 bridgehead atoms. The molecule has 0 fully saturated rings. The van der Waals surface area contributed by atoms with Gasteiger partial charge in [-0.3, -0.25) is 4.79 Å². The van der Waals surface area contributed by atoms with Crippen LogP contribution in [-0.4, -0.2) is 19.9 Å². The van der Waals surface area contributed by atoms with Gasteiger partial charge in [0.25, 0.3) is 0 Å². The van der Waals surface area contributed by atoms with E-state index in [4.69, 9.17) is 9.05 Å². The highest BCUT2D eigenvalue weighted by atomic mass is 32.1. The van der Waals surface area contributed by atoms with E-state index in [1.165, 1.54) is 11.3 Å². The van der Waals surface area contributed by atoms with Crippen molar-refractivity contribution in [3.63, 3.8) is 0 Å². The van der Waals surface area contributed by atoms with Gasteiger partial charge in [-0.05, 0) is 20.8 Å². The Morgan fingerprint density at radius 1 is 1.23 bits per heavy atom. The number of nitrogens with zero attached hydrogens (tertiary/aromatic N) is 4. The summed E-state index contributed by atoms with van der Waals surface area (Å²) in [7, 11) is 0. The topological polar surface area (TPSA) is 87.0 Å². The predicted molar refractivity (Wildman–Crippen MR) is 80.1 cm³/mol. The molecule has 0 saturated carbocycles. The predicted octanol–water partition coefficient (Wildman–Crippen LogP) is 2.04. The van der Waals surface area contributed by atoms with Crippen LogP contribution < -0.4 is 4.87 Å². The molecule has 0 atom stereocenters. The SMILES string of the molecule is Cc1noc(C)c1Cc1noc(CCn2c(C)csc2=O)n1. The average molecular weight is 320 g/mol. The summed E-state index contributed by atoms with van der Waals surface area (Å²) in [5.41, 5.74) is 2.77. The van der Waals surface area contributed by atoms with Crippen molar-refractivity contribution in [2.45, 2.75) is 40.2 Å². The Hall–Kier alpha value is -2.22. The minimum absolute atomic E-state index is 0.0351. The molecule has 0 N–H and O–H groups in total. The first-order chi connectivity index (χ1) is 10.5. The second kappa shape index (κ2) is 5.88. The Morgan fingerprint density at radius 3 is 2.68 bits per heavy atom. The zero-order valence-electron chi connectivity index (χ0n) is 12.6. The summed E-state index contributed by atoms with van der Waals surface area (Å²) in [5.74, 6) is 1.89. The third-order valence-electron chi connectivity index (χ3n) is 3.55. The lowest BCUT2D eigenvalue weighted by Gasteiger charge is -2.00. The van der Waals surface area contributed by atoms with Gasteiger partial charge in [-0.2, -0.15) is 4.98 Å². The molecule has 0 aliphatic rings. The molecule has 22 heavy (non-hydrogen) atoms. The maximum absolute atomic E-state index is 11.7. The summed E-state index contributed by atoms with van der Waals surface area (Å²) in [5, 5.41) is 9.73. The average Bonchev–Trinajstić information content (AvgIpc) is 3.15. The highest BCUT2D eigenvalue weighted by Gasteiger charge is 2.14. The van der Waals surface area contributed by atoms with E-state index in [-0.39, 0.29) is 4.87 Å². The highest BCUT2D eigenvalue weighted by molar-refractivity contribution is 7.07. The minimum Gasteiger partial charge on any atom is -0.361 e. The molecule has 0 radical (unpaired) electrons. The van der Waals surface area contributed by atoms with E-state index >= 15 is 0 Å². The Labute approximate surface area is 130 Å². The largest absolute Gasteiger partial charge is 0.361 e. The van der Waals surface area contributed by atoms with Gasteiger partial charge in [-0.25, -0.2) is 0 Å². The number of aromatic nitrogens is 4. The molecule has 0 amide bonds. The standard InChI is InChI=1S/C14H16N4O3S/c1-8-7-22-14(19)18(8)5-4-13-15-12(17-21-13)6-11-9(2)16-20-10(11)3/h7H,4-6H2,1-3H3. The summed E-state index contributed by atoms with van der Waals surface area (Å²) < 4.78 is 12.1. The summed E-state index contributed by atoms with van der Waals surface area (Å²) in [4.78, 5) is 16.1. The fraction of sp³-hybridized carbons (Fsp3) is 0.429. The van der Waals surface area contributed by atoms with Gasteiger partial charge in [0.05, 0.1) is 5.69 Å². The molecule has 3 heterocycles. The third-order valence-corrected chi connectivity index (χ3v) is 4.43. The van der Waals surface area contributed by atoms with E-state index in [2.05, 4.69) is 15.3 Å². The number of hydrogen-bond donors (Lipinski definition) is 0. The van der Waals surface area contributed by atoms with Crippen LogP contribution in [0, 0.1) is 20.8 Å². The fourth-order valence-electron chi connectivity index (χ4n) is 2.26. The molecule has 3 aromatic rings. The number of hydrogen-bond acceptors (Lipinski definition) is 7. The molecule has 3 aromatic heterocycles. The van der Waals surface area contributed by atoms with Crippen LogP contribution in [0.3, 0.4) is 0 Å². The van der Waals surface area contributed by atoms with E-state index in [1.807, 2.05) is 26.2 Å². The fourth-order valence-corrected chi connectivity index (χ4v) is 3.02. The first kappa shape index (κ1) is 14.7. The van der Waals surface area contributed by atoms with Gasteiger partial charge < -0.3 is 13.6 Å². The van der Waals surface area contributed by atoms with Crippen LogP contribution in [0.4, 0.5) is 0 Å². The number of rotatable bonds is 5. The summed E-state index contributed by atoms with van der Waals surface area (Å²) in [6, 6.07) is 0. The van der Waals surface area contributed by atoms with E-state index in [0.717, 1.165) is 22.7 Å². The number of thiazole rings is 1. The van der Waals surface area contributed by atoms with Crippen LogP contribution in [0.5, 0.6) is 0 Å². The van der Waals surface area contributed by atoms with Gasteiger partial charge in [-0.1, -0.05) is 21.7 Å². The van der Waals surface area contributed by atoms with Gasteiger partial charge in [0.2, 0.25) is 5.89 Å². The van der Waals surface area contributed by atoms with Crippen LogP contribution in [0.2, 0.25) is 0 Å². The van der Waals surface area contributed by atoms with E-state index in [1.54, 1.807) is 4.57 Å². The van der Waals surface area contributed by atoms with E-state index in [9.17, 15) is 4.79 Å². The molecule has 7 nitrogen and oxygen atoms in total. The second-order valence-corrected chi connectivity index (χ2v) is 5.95. The van der Waals surface area contributed by atoms with Crippen molar-refractivity contribution in [3.8, 4) is 0 Å². The van der Waals surface area contributed by atoms with Crippen LogP contribution in [-0.2, 0) is 19.4 Å². The summed E-state index contributed by atoms with van der Waals surface area (Å²) in [6.45, 7) is 6.20. The van der Waals surface area contributed by atoms with Gasteiger partial charge in [0.15, 0.2) is 5.82 Å². The van der Waals surface area contributed by atoms with Crippen LogP contribution >= 0.6 is 11.3 Å². The van der Waals surface area contributed by atoms with Crippen molar-refractivity contribution in [1.29, 1.82) is 0 Å². The normalized spacial score (nSPS) is 11.2. The van der Waals surface area contributed by atoms with Crippen molar-refractivity contribution in [1.82, 2.24) is 19.9 Å². The van der Waals surface area contributed by atoms with Crippen LogP contribution in [0.1, 0.15) is 34.4 Å². The maximum Gasteiger partial charge on any atom is 0.307 e. The van der Waals surface area contributed by atoms with Crippen molar-refractivity contribution in [3.05, 3.63) is 49.5 Å². The van der Waals surface area contributed by atoms with Gasteiger partial charge >= 0.3 is 4.87 Å². The van der Waals surface area contributed by atoms with Crippen LogP contribution in [0.15, 0.2) is 19.2 Å². The summed E-state index contributed by atoms with van der Waals surface area (Å²) >= 11 is 1.20. The van der Waals surface area contributed by atoms with Crippen LogP contribution in [0.25, 0.3) is 0 Å². The Bertz CT molecular complexity index is 823.